The molecule has 138 valence electrons. The van der Waals surface area contributed by atoms with Gasteiger partial charge in [-0.3, -0.25) is 9.48 Å². The van der Waals surface area contributed by atoms with Crippen LogP contribution < -0.4 is 5.32 Å². The molecule has 4 rings (SSSR count). The summed E-state index contributed by atoms with van der Waals surface area (Å²) in [7, 11) is 0. The van der Waals surface area contributed by atoms with E-state index in [4.69, 9.17) is 4.74 Å². The molecule has 2 aliphatic rings. The van der Waals surface area contributed by atoms with E-state index in [-0.39, 0.29) is 23.9 Å². The lowest BCUT2D eigenvalue weighted by atomic mass is 9.98. The number of hydrogen-bond donors (Lipinski definition) is 1. The summed E-state index contributed by atoms with van der Waals surface area (Å²) in [5.74, 6) is -0.502. The van der Waals surface area contributed by atoms with Crippen LogP contribution in [0.2, 0.25) is 0 Å². The number of nitrogens with one attached hydrogen (secondary N) is 1. The number of halogens is 1. The van der Waals surface area contributed by atoms with Gasteiger partial charge in [-0.15, -0.1) is 0 Å². The Morgan fingerprint density at radius 3 is 2.77 bits per heavy atom. The maximum atomic E-state index is 14.2. The predicted octanol–water partition coefficient (Wildman–Crippen LogP) is 3.48. The molecule has 0 spiro atoms. The first-order chi connectivity index (χ1) is 12.4. The van der Waals surface area contributed by atoms with Gasteiger partial charge in [-0.05, 0) is 39.7 Å². The van der Waals surface area contributed by atoms with Crippen LogP contribution >= 0.6 is 0 Å². The fourth-order valence-electron chi connectivity index (χ4n) is 4.05. The normalized spacial score (nSPS) is 23.4. The topological polar surface area (TPSA) is 56.2 Å². The molecule has 1 N–H and O–H groups in total. The second-order valence-corrected chi connectivity index (χ2v) is 7.34. The van der Waals surface area contributed by atoms with Crippen molar-refractivity contribution in [2.24, 2.45) is 0 Å². The van der Waals surface area contributed by atoms with Crippen LogP contribution in [0, 0.1) is 5.82 Å². The second-order valence-electron chi connectivity index (χ2n) is 7.34. The lowest BCUT2D eigenvalue weighted by Gasteiger charge is -2.27. The van der Waals surface area contributed by atoms with E-state index in [0.29, 0.717) is 24.2 Å². The van der Waals surface area contributed by atoms with Gasteiger partial charge in [-0.25, -0.2) is 4.39 Å². The molecule has 0 unspecified atom stereocenters. The number of carbonyl (C=O) groups excluding carboxylic acids is 1. The summed E-state index contributed by atoms with van der Waals surface area (Å²) in [6.45, 7) is 6.68. The molecule has 0 bridgehead atoms. The molecule has 1 fully saturated rings. The summed E-state index contributed by atoms with van der Waals surface area (Å²) in [5.41, 5.74) is 2.34. The van der Waals surface area contributed by atoms with Crippen molar-refractivity contribution in [1.29, 1.82) is 0 Å². The zero-order valence-electron chi connectivity index (χ0n) is 15.4. The third-order valence-electron chi connectivity index (χ3n) is 5.41. The molecule has 6 heteroatoms. The molecule has 5 nitrogen and oxygen atoms in total. The third kappa shape index (κ3) is 2.72. The number of ether oxygens (including phenoxy) is 1. The summed E-state index contributed by atoms with van der Waals surface area (Å²) in [6.07, 6.45) is 2.09. The van der Waals surface area contributed by atoms with E-state index in [1.165, 1.54) is 6.07 Å². The first-order valence-electron chi connectivity index (χ1n) is 9.27. The summed E-state index contributed by atoms with van der Waals surface area (Å²) < 4.78 is 22.0. The Hall–Kier alpha value is -2.21. The van der Waals surface area contributed by atoms with Crippen molar-refractivity contribution in [1.82, 2.24) is 15.1 Å². The minimum Gasteiger partial charge on any atom is -0.369 e. The average molecular weight is 357 g/mol. The minimum absolute atomic E-state index is 0.0417. The van der Waals surface area contributed by atoms with E-state index in [1.54, 1.807) is 18.2 Å². The number of nitrogens with zero attached hydrogens (tertiary/aromatic N) is 2. The SMILES string of the molecule is CCn1nc(C(=O)NC2(c3ccccc3F)CC2)c2c1[C@H](C)O[C@H](C)C2. The molecule has 1 saturated carbocycles. The van der Waals surface area contributed by atoms with Crippen LogP contribution in [0.4, 0.5) is 4.39 Å². The average Bonchev–Trinajstić information content (AvgIpc) is 3.27. The number of amides is 1. The molecule has 26 heavy (non-hydrogen) atoms. The molecule has 1 aliphatic carbocycles. The van der Waals surface area contributed by atoms with E-state index in [0.717, 1.165) is 24.1 Å². The monoisotopic (exact) mass is 357 g/mol. The third-order valence-corrected chi connectivity index (χ3v) is 5.41. The van der Waals surface area contributed by atoms with E-state index in [2.05, 4.69) is 10.4 Å². The van der Waals surface area contributed by atoms with Crippen molar-refractivity contribution in [3.63, 3.8) is 0 Å². The largest absolute Gasteiger partial charge is 0.369 e. The van der Waals surface area contributed by atoms with Gasteiger partial charge in [0.1, 0.15) is 5.82 Å². The first kappa shape index (κ1) is 17.2. The summed E-state index contributed by atoms with van der Waals surface area (Å²) in [6, 6.07) is 6.66. The zero-order valence-corrected chi connectivity index (χ0v) is 15.4. The predicted molar refractivity (Wildman–Crippen MR) is 95.3 cm³/mol. The van der Waals surface area contributed by atoms with E-state index in [9.17, 15) is 9.18 Å². The Balaban J connectivity index is 1.67. The summed E-state index contributed by atoms with van der Waals surface area (Å²) >= 11 is 0. The van der Waals surface area contributed by atoms with Crippen molar-refractivity contribution >= 4 is 5.91 Å². The molecular formula is C20H24FN3O2. The standard InChI is InChI=1S/C20H24FN3O2/c1-4-24-18-13(3)26-12(2)11-14(18)17(23-24)19(25)22-20(9-10-20)15-7-5-6-8-16(15)21/h5-8,12-13H,4,9-11H2,1-3H3,(H,22,25)/t12-,13+/m1/s1. The van der Waals surface area contributed by atoms with Crippen LogP contribution in [0.25, 0.3) is 0 Å². The van der Waals surface area contributed by atoms with Crippen LogP contribution in [0.1, 0.15) is 67.0 Å². The molecule has 1 aromatic heterocycles. The van der Waals surface area contributed by atoms with Crippen molar-refractivity contribution in [3.05, 3.63) is 52.6 Å². The minimum atomic E-state index is -0.603. The number of fused-ring (bicyclic) bond motifs is 1. The highest BCUT2D eigenvalue weighted by Gasteiger charge is 2.48. The lowest BCUT2D eigenvalue weighted by Crippen LogP contribution is -2.36. The first-order valence-corrected chi connectivity index (χ1v) is 9.27. The second kappa shape index (κ2) is 6.20. The Labute approximate surface area is 152 Å². The highest BCUT2D eigenvalue weighted by Crippen LogP contribution is 2.46. The van der Waals surface area contributed by atoms with Gasteiger partial charge in [0.2, 0.25) is 0 Å². The molecule has 1 amide bonds. The van der Waals surface area contributed by atoms with Crippen molar-refractivity contribution < 1.29 is 13.9 Å². The Morgan fingerprint density at radius 1 is 1.38 bits per heavy atom. The van der Waals surface area contributed by atoms with Gasteiger partial charge >= 0.3 is 0 Å². The molecule has 1 aromatic carbocycles. The number of hydrogen-bond acceptors (Lipinski definition) is 3. The number of aromatic nitrogens is 2. The lowest BCUT2D eigenvalue weighted by molar-refractivity contribution is -0.00948. The zero-order chi connectivity index (χ0) is 18.5. The van der Waals surface area contributed by atoms with Gasteiger partial charge < -0.3 is 10.1 Å². The van der Waals surface area contributed by atoms with Crippen molar-refractivity contribution in [2.45, 2.75) is 64.3 Å². The van der Waals surface area contributed by atoms with Crippen molar-refractivity contribution in [3.8, 4) is 0 Å². The Morgan fingerprint density at radius 2 is 2.12 bits per heavy atom. The molecule has 2 atom stereocenters. The van der Waals surface area contributed by atoms with E-state index in [1.807, 2.05) is 25.5 Å². The van der Waals surface area contributed by atoms with Gasteiger partial charge in [-0.2, -0.15) is 5.10 Å². The van der Waals surface area contributed by atoms with Crippen molar-refractivity contribution in [2.75, 3.05) is 0 Å². The maximum Gasteiger partial charge on any atom is 0.272 e. The van der Waals surface area contributed by atoms with Crippen LogP contribution in [0.5, 0.6) is 0 Å². The highest BCUT2D eigenvalue weighted by atomic mass is 19.1. The van der Waals surface area contributed by atoms with Crippen LogP contribution in [0.3, 0.4) is 0 Å². The van der Waals surface area contributed by atoms with Gasteiger partial charge in [-0.1, -0.05) is 18.2 Å². The van der Waals surface area contributed by atoms with E-state index < -0.39 is 5.54 Å². The van der Waals surface area contributed by atoms with Gasteiger partial charge in [0.15, 0.2) is 5.69 Å². The smallest absolute Gasteiger partial charge is 0.272 e. The molecule has 1 aliphatic heterocycles. The summed E-state index contributed by atoms with van der Waals surface area (Å²) in [5, 5.41) is 7.62. The Kier molecular flexibility index (Phi) is 4.10. The van der Waals surface area contributed by atoms with Crippen LogP contribution in [-0.2, 0) is 23.2 Å². The summed E-state index contributed by atoms with van der Waals surface area (Å²) in [4.78, 5) is 13.0. The number of carbonyl (C=O) groups is 1. The fourth-order valence-corrected chi connectivity index (χ4v) is 4.05. The molecule has 2 heterocycles. The molecular weight excluding hydrogens is 333 g/mol. The fraction of sp³-hybridized carbons (Fsp3) is 0.500. The molecule has 0 saturated heterocycles. The number of benzene rings is 1. The number of rotatable bonds is 4. The Bertz CT molecular complexity index is 857. The van der Waals surface area contributed by atoms with Gasteiger partial charge in [0.25, 0.3) is 5.91 Å². The van der Waals surface area contributed by atoms with Gasteiger partial charge in [0, 0.05) is 24.1 Å². The van der Waals surface area contributed by atoms with Crippen LogP contribution in [-0.4, -0.2) is 21.8 Å². The van der Waals surface area contributed by atoms with E-state index >= 15 is 0 Å². The maximum absolute atomic E-state index is 14.2. The van der Waals surface area contributed by atoms with Crippen LogP contribution in [0.15, 0.2) is 24.3 Å². The highest BCUT2D eigenvalue weighted by molar-refractivity contribution is 5.95. The molecule has 2 aromatic rings. The quantitative estimate of drug-likeness (QED) is 0.911. The van der Waals surface area contributed by atoms with Gasteiger partial charge in [0.05, 0.1) is 23.4 Å². The number of aryl methyl sites for hydroxylation is 1. The molecule has 0 radical (unpaired) electrons.